The quantitative estimate of drug-likeness (QED) is 0.747. The fourth-order valence-corrected chi connectivity index (χ4v) is 2.78. The second kappa shape index (κ2) is 6.38. The smallest absolute Gasteiger partial charge is 0.277 e. The molecular weight excluding hydrogens is 354 g/mol. The van der Waals surface area contributed by atoms with Crippen LogP contribution in [0.5, 0.6) is 0 Å². The number of likely N-dealkylation sites (N-methyl/N-ethyl adjacent to an activating group) is 1. The maximum atomic E-state index is 12.3. The number of hydrogen-bond donors (Lipinski definition) is 0. The number of benzene rings is 2. The lowest BCUT2D eigenvalue weighted by Crippen LogP contribution is -2.48. The molecule has 1 heterocycles. The van der Waals surface area contributed by atoms with Crippen LogP contribution in [0.25, 0.3) is 6.08 Å². The minimum absolute atomic E-state index is 0.236. The number of rotatable bonds is 2. The van der Waals surface area contributed by atoms with Gasteiger partial charge in [0.1, 0.15) is 11.5 Å². The number of hydrogen-bond acceptors (Lipinski definition) is 3. The standard InChI is InChI=1S/C18H16BrN3O/c1-13-20-18(23)17(12-14-8-10-15(19)11-9-14)21(2)22(13)16-6-4-3-5-7-16/h3-12H,1-2H3. The van der Waals surface area contributed by atoms with Gasteiger partial charge in [0.15, 0.2) is 0 Å². The molecule has 0 aromatic heterocycles. The Morgan fingerprint density at radius 2 is 1.70 bits per heavy atom. The van der Waals surface area contributed by atoms with Crippen molar-refractivity contribution in [3.05, 3.63) is 70.3 Å². The lowest BCUT2D eigenvalue weighted by molar-refractivity contribution is -0.116. The lowest BCUT2D eigenvalue weighted by atomic mass is 10.1. The maximum absolute atomic E-state index is 12.3. The number of amidine groups is 1. The number of para-hydroxylation sites is 1. The molecule has 0 unspecified atom stereocenters. The Labute approximate surface area is 143 Å². The van der Waals surface area contributed by atoms with Crippen molar-refractivity contribution in [1.29, 1.82) is 0 Å². The van der Waals surface area contributed by atoms with Gasteiger partial charge in [0.05, 0.1) is 5.69 Å². The molecule has 3 rings (SSSR count). The normalized spacial score (nSPS) is 16.7. The highest BCUT2D eigenvalue weighted by Crippen LogP contribution is 2.25. The van der Waals surface area contributed by atoms with E-state index in [1.54, 1.807) is 0 Å². The Morgan fingerprint density at radius 1 is 1.04 bits per heavy atom. The van der Waals surface area contributed by atoms with Gasteiger partial charge in [0, 0.05) is 11.5 Å². The van der Waals surface area contributed by atoms with Gasteiger partial charge >= 0.3 is 0 Å². The number of anilines is 1. The van der Waals surface area contributed by atoms with Gasteiger partial charge in [0.25, 0.3) is 5.91 Å². The van der Waals surface area contributed by atoms with Crippen LogP contribution in [0, 0.1) is 0 Å². The van der Waals surface area contributed by atoms with Gasteiger partial charge in [-0.05, 0) is 42.8 Å². The molecule has 0 bridgehead atoms. The summed E-state index contributed by atoms with van der Waals surface area (Å²) in [4.78, 5) is 16.5. The second-order valence-corrected chi connectivity index (χ2v) is 6.13. The first-order valence-electron chi connectivity index (χ1n) is 7.22. The highest BCUT2D eigenvalue weighted by atomic mass is 79.9. The second-order valence-electron chi connectivity index (χ2n) is 5.22. The molecule has 1 amide bonds. The number of carbonyl (C=O) groups is 1. The molecule has 0 spiro atoms. The average molecular weight is 370 g/mol. The predicted octanol–water partition coefficient (Wildman–Crippen LogP) is 4.10. The average Bonchev–Trinajstić information content (AvgIpc) is 2.54. The Hall–Kier alpha value is -2.40. The summed E-state index contributed by atoms with van der Waals surface area (Å²) in [6.07, 6.45) is 1.85. The van der Waals surface area contributed by atoms with Crippen molar-refractivity contribution in [3.8, 4) is 0 Å². The molecule has 4 nitrogen and oxygen atoms in total. The van der Waals surface area contributed by atoms with Gasteiger partial charge in [-0.3, -0.25) is 9.80 Å². The third kappa shape index (κ3) is 3.19. The van der Waals surface area contributed by atoms with E-state index in [1.807, 2.05) is 84.7 Å². The summed E-state index contributed by atoms with van der Waals surface area (Å²) >= 11 is 3.41. The number of aliphatic imine (C=N–C) groups is 1. The van der Waals surface area contributed by atoms with E-state index in [0.717, 1.165) is 15.7 Å². The topological polar surface area (TPSA) is 35.9 Å². The summed E-state index contributed by atoms with van der Waals surface area (Å²) in [5.41, 5.74) is 2.44. The first-order valence-corrected chi connectivity index (χ1v) is 8.01. The first-order chi connectivity index (χ1) is 11.1. The molecule has 0 aliphatic carbocycles. The van der Waals surface area contributed by atoms with Gasteiger partial charge in [-0.1, -0.05) is 46.3 Å². The summed E-state index contributed by atoms with van der Waals surface area (Å²) in [6.45, 7) is 1.83. The molecule has 0 fully saturated rings. The highest BCUT2D eigenvalue weighted by Gasteiger charge is 2.27. The van der Waals surface area contributed by atoms with Crippen LogP contribution in [0.3, 0.4) is 0 Å². The highest BCUT2D eigenvalue weighted by molar-refractivity contribution is 9.10. The minimum atomic E-state index is -0.236. The number of halogens is 1. The van der Waals surface area contributed by atoms with Crippen LogP contribution in [0.15, 0.2) is 69.8 Å². The molecule has 0 atom stereocenters. The van der Waals surface area contributed by atoms with E-state index in [-0.39, 0.29) is 5.91 Å². The van der Waals surface area contributed by atoms with Crippen molar-refractivity contribution >= 4 is 39.4 Å². The third-order valence-corrected chi connectivity index (χ3v) is 4.14. The van der Waals surface area contributed by atoms with Crippen molar-refractivity contribution in [2.45, 2.75) is 6.92 Å². The van der Waals surface area contributed by atoms with Gasteiger partial charge in [-0.25, -0.2) is 5.01 Å². The van der Waals surface area contributed by atoms with Crippen LogP contribution in [0.2, 0.25) is 0 Å². The minimum Gasteiger partial charge on any atom is -0.277 e. The summed E-state index contributed by atoms with van der Waals surface area (Å²) in [7, 11) is 1.87. The molecule has 2 aromatic rings. The number of hydrazine groups is 1. The van der Waals surface area contributed by atoms with Crippen LogP contribution in [-0.2, 0) is 4.79 Å². The van der Waals surface area contributed by atoms with Crippen molar-refractivity contribution in [2.24, 2.45) is 4.99 Å². The molecule has 116 valence electrons. The Bertz CT molecular complexity index is 782. The molecule has 5 heteroatoms. The largest absolute Gasteiger partial charge is 0.296 e. The third-order valence-electron chi connectivity index (χ3n) is 3.61. The van der Waals surface area contributed by atoms with Crippen LogP contribution >= 0.6 is 15.9 Å². The predicted molar refractivity (Wildman–Crippen MR) is 96.9 cm³/mol. The van der Waals surface area contributed by atoms with Crippen LogP contribution in [0.4, 0.5) is 5.69 Å². The van der Waals surface area contributed by atoms with E-state index >= 15 is 0 Å². The molecule has 1 aliphatic heterocycles. The molecule has 0 N–H and O–H groups in total. The van der Waals surface area contributed by atoms with E-state index in [4.69, 9.17) is 0 Å². The first kappa shape index (κ1) is 15.5. The Morgan fingerprint density at radius 3 is 2.35 bits per heavy atom. The Balaban J connectivity index is 2.02. The van der Waals surface area contributed by atoms with Crippen LogP contribution in [0.1, 0.15) is 12.5 Å². The lowest BCUT2D eigenvalue weighted by Gasteiger charge is -2.38. The van der Waals surface area contributed by atoms with Gasteiger partial charge in [0.2, 0.25) is 0 Å². The summed E-state index contributed by atoms with van der Waals surface area (Å²) in [6, 6.07) is 17.7. The molecule has 0 radical (unpaired) electrons. The van der Waals surface area contributed by atoms with E-state index in [2.05, 4.69) is 20.9 Å². The monoisotopic (exact) mass is 369 g/mol. The molecule has 0 saturated carbocycles. The summed E-state index contributed by atoms with van der Waals surface area (Å²) in [5.74, 6) is 0.414. The van der Waals surface area contributed by atoms with E-state index in [0.29, 0.717) is 11.5 Å². The zero-order valence-electron chi connectivity index (χ0n) is 12.9. The molecule has 1 aliphatic rings. The summed E-state index contributed by atoms with van der Waals surface area (Å²) < 4.78 is 1.00. The van der Waals surface area contributed by atoms with E-state index in [9.17, 15) is 4.79 Å². The number of carbonyl (C=O) groups excluding carboxylic acids is 1. The number of nitrogens with zero attached hydrogens (tertiary/aromatic N) is 3. The van der Waals surface area contributed by atoms with Crippen LogP contribution < -0.4 is 5.01 Å². The molecule has 23 heavy (non-hydrogen) atoms. The van der Waals surface area contributed by atoms with Crippen LogP contribution in [-0.4, -0.2) is 23.8 Å². The van der Waals surface area contributed by atoms with Crippen molar-refractivity contribution in [3.63, 3.8) is 0 Å². The van der Waals surface area contributed by atoms with E-state index in [1.165, 1.54) is 0 Å². The van der Waals surface area contributed by atoms with Crippen molar-refractivity contribution < 1.29 is 4.79 Å². The van der Waals surface area contributed by atoms with Gasteiger partial charge in [-0.2, -0.15) is 4.99 Å². The fourth-order valence-electron chi connectivity index (χ4n) is 2.52. The zero-order chi connectivity index (χ0) is 16.4. The molecular formula is C18H16BrN3O. The fraction of sp³-hybridized carbons (Fsp3) is 0.111. The van der Waals surface area contributed by atoms with Crippen molar-refractivity contribution in [2.75, 3.05) is 12.1 Å². The zero-order valence-corrected chi connectivity index (χ0v) is 14.5. The van der Waals surface area contributed by atoms with Crippen molar-refractivity contribution in [1.82, 2.24) is 5.01 Å². The summed E-state index contributed by atoms with van der Waals surface area (Å²) in [5, 5.41) is 3.76. The maximum Gasteiger partial charge on any atom is 0.296 e. The Kier molecular flexibility index (Phi) is 4.30. The SMILES string of the molecule is CC1=NC(=O)C(=Cc2ccc(Br)cc2)N(C)N1c1ccccc1. The number of amides is 1. The molecule has 0 saturated heterocycles. The molecule has 2 aromatic carbocycles. The van der Waals surface area contributed by atoms with Gasteiger partial charge < -0.3 is 0 Å². The van der Waals surface area contributed by atoms with Gasteiger partial charge in [-0.15, -0.1) is 0 Å². The van der Waals surface area contributed by atoms with E-state index < -0.39 is 0 Å².